The van der Waals surface area contributed by atoms with E-state index in [-0.39, 0.29) is 10.3 Å². The quantitative estimate of drug-likeness (QED) is 0.490. The first-order chi connectivity index (χ1) is 10.1. The number of hydrogen-bond donors (Lipinski definition) is 1. The molecule has 4 nitrogen and oxygen atoms in total. The first-order valence-electron chi connectivity index (χ1n) is 5.94. The van der Waals surface area contributed by atoms with E-state index in [0.29, 0.717) is 28.7 Å². The third-order valence-corrected chi connectivity index (χ3v) is 3.57. The number of rotatable bonds is 5. The van der Waals surface area contributed by atoms with E-state index in [9.17, 15) is 0 Å². The molecule has 8 heteroatoms. The molecule has 0 atom stereocenters. The van der Waals surface area contributed by atoms with E-state index in [0.717, 1.165) is 5.56 Å². The molecule has 0 aliphatic rings. The predicted molar refractivity (Wildman–Crippen MR) is 87.8 cm³/mol. The Morgan fingerprint density at radius 3 is 2.71 bits per heavy atom. The summed E-state index contributed by atoms with van der Waals surface area (Å²) in [6.45, 7) is 0.608. The average Bonchev–Trinajstić information content (AvgIpc) is 2.42. The molecule has 0 bridgehead atoms. The van der Waals surface area contributed by atoms with Gasteiger partial charge in [-0.2, -0.15) is 5.10 Å². The topological polar surface area (TPSA) is 50.2 Å². The molecule has 1 N–H and O–H groups in total. The van der Waals surface area contributed by atoms with Crippen LogP contribution >= 0.6 is 46.4 Å². The Hall–Kier alpha value is -1.07. The highest BCUT2D eigenvalue weighted by atomic mass is 35.5. The molecule has 0 fully saturated rings. The van der Waals surface area contributed by atoms with Crippen LogP contribution in [0.15, 0.2) is 29.5 Å². The summed E-state index contributed by atoms with van der Waals surface area (Å²) in [6.07, 6.45) is 3.60. The van der Waals surface area contributed by atoms with E-state index < -0.39 is 0 Å². The molecule has 110 valence electrons. The van der Waals surface area contributed by atoms with Crippen LogP contribution in [0.4, 0.5) is 0 Å². The lowest BCUT2D eigenvalue weighted by molar-refractivity contribution is 0.734. The Bertz CT molecular complexity index is 661. The second-order valence-corrected chi connectivity index (χ2v) is 5.61. The minimum Gasteiger partial charge on any atom is -0.310 e. The van der Waals surface area contributed by atoms with Gasteiger partial charge in [0.1, 0.15) is 10.8 Å². The van der Waals surface area contributed by atoms with E-state index >= 15 is 0 Å². The van der Waals surface area contributed by atoms with Gasteiger partial charge in [-0.05, 0) is 24.1 Å². The minimum atomic E-state index is 0.203. The van der Waals surface area contributed by atoms with Crippen molar-refractivity contribution < 1.29 is 0 Å². The predicted octanol–water partition coefficient (Wildman–Crippen LogP) is 4.26. The number of halogens is 4. The first kappa shape index (κ1) is 16.3. The zero-order chi connectivity index (χ0) is 15.2. The number of nitrogens with zero attached hydrogens (tertiary/aromatic N) is 3. The smallest absolute Gasteiger partial charge is 0.158 e. The Morgan fingerprint density at radius 1 is 1.19 bits per heavy atom. The summed E-state index contributed by atoms with van der Waals surface area (Å²) in [4.78, 5) is 7.87. The van der Waals surface area contributed by atoms with Gasteiger partial charge in [-0.15, -0.1) is 0 Å². The van der Waals surface area contributed by atoms with Crippen molar-refractivity contribution in [1.82, 2.24) is 15.4 Å². The maximum Gasteiger partial charge on any atom is 0.158 e. The van der Waals surface area contributed by atoms with E-state index in [1.165, 1.54) is 12.4 Å². The third kappa shape index (κ3) is 5.00. The van der Waals surface area contributed by atoms with Crippen LogP contribution in [0.2, 0.25) is 20.4 Å². The van der Waals surface area contributed by atoms with E-state index in [2.05, 4.69) is 20.5 Å². The van der Waals surface area contributed by atoms with E-state index in [1.807, 2.05) is 6.07 Å². The molecule has 0 amide bonds. The highest BCUT2D eigenvalue weighted by Crippen LogP contribution is 2.21. The van der Waals surface area contributed by atoms with Crippen LogP contribution in [0.1, 0.15) is 11.3 Å². The van der Waals surface area contributed by atoms with Crippen molar-refractivity contribution in [3.8, 4) is 0 Å². The zero-order valence-corrected chi connectivity index (χ0v) is 13.7. The van der Waals surface area contributed by atoms with Crippen LogP contribution in [-0.2, 0) is 6.42 Å². The summed E-state index contributed by atoms with van der Waals surface area (Å²) < 4.78 is 0. The van der Waals surface area contributed by atoms with E-state index in [1.54, 1.807) is 12.1 Å². The summed E-state index contributed by atoms with van der Waals surface area (Å²) in [7, 11) is 0. The van der Waals surface area contributed by atoms with Gasteiger partial charge in [-0.3, -0.25) is 0 Å². The molecular weight excluding hydrogens is 354 g/mol. The number of nitrogens with one attached hydrogen (secondary N) is 1. The van der Waals surface area contributed by atoms with Gasteiger partial charge >= 0.3 is 0 Å². The lowest BCUT2D eigenvalue weighted by Gasteiger charge is -2.04. The van der Waals surface area contributed by atoms with Gasteiger partial charge in [-0.1, -0.05) is 52.5 Å². The first-order valence-corrected chi connectivity index (χ1v) is 7.45. The molecule has 0 radical (unpaired) electrons. The maximum atomic E-state index is 6.07. The molecular formula is C13H10Cl4N4. The Labute approximate surface area is 142 Å². The molecule has 0 aliphatic carbocycles. The monoisotopic (exact) mass is 362 g/mol. The van der Waals surface area contributed by atoms with Crippen molar-refractivity contribution in [2.75, 3.05) is 6.54 Å². The Kier molecular flexibility index (Phi) is 6.06. The number of hydrogen-bond acceptors (Lipinski definition) is 4. The SMILES string of the molecule is Clc1ccc(CCN/N=C/c2ncc(Cl)nc2Cl)c(Cl)c1. The highest BCUT2D eigenvalue weighted by Gasteiger charge is 2.02. The molecule has 2 rings (SSSR count). The summed E-state index contributed by atoms with van der Waals surface area (Å²) >= 11 is 23.4. The van der Waals surface area contributed by atoms with Gasteiger partial charge < -0.3 is 5.43 Å². The van der Waals surface area contributed by atoms with Gasteiger partial charge in [0.25, 0.3) is 0 Å². The van der Waals surface area contributed by atoms with Crippen molar-refractivity contribution in [2.24, 2.45) is 5.10 Å². The standard InChI is InChI=1S/C13H10Cl4N4/c14-9-2-1-8(10(15)5-9)3-4-19-20-6-11-13(17)21-12(16)7-18-11/h1-2,5-7,19H,3-4H2/b20-6+. The van der Waals surface area contributed by atoms with Crippen molar-refractivity contribution in [1.29, 1.82) is 0 Å². The minimum absolute atomic E-state index is 0.203. The molecule has 0 aliphatic heterocycles. The fourth-order valence-electron chi connectivity index (χ4n) is 1.53. The van der Waals surface area contributed by atoms with Gasteiger partial charge in [0.2, 0.25) is 0 Å². The second-order valence-electron chi connectivity index (χ2n) is 4.02. The molecule has 1 aromatic carbocycles. The van der Waals surface area contributed by atoms with Crippen LogP contribution < -0.4 is 5.43 Å². The third-order valence-electron chi connectivity index (χ3n) is 2.53. The van der Waals surface area contributed by atoms with Crippen molar-refractivity contribution in [3.63, 3.8) is 0 Å². The maximum absolute atomic E-state index is 6.07. The fourth-order valence-corrected chi connectivity index (χ4v) is 2.40. The van der Waals surface area contributed by atoms with Crippen molar-refractivity contribution in [3.05, 3.63) is 56.0 Å². The summed E-state index contributed by atoms with van der Waals surface area (Å²) in [6, 6.07) is 5.40. The van der Waals surface area contributed by atoms with Gasteiger partial charge in [-0.25, -0.2) is 9.97 Å². The van der Waals surface area contributed by atoms with E-state index in [4.69, 9.17) is 46.4 Å². The second kappa shape index (κ2) is 7.80. The fraction of sp³-hybridized carbons (Fsp3) is 0.154. The molecule has 0 unspecified atom stereocenters. The number of aromatic nitrogens is 2. The normalized spacial score (nSPS) is 11.0. The Morgan fingerprint density at radius 2 is 2.00 bits per heavy atom. The van der Waals surface area contributed by atoms with Gasteiger partial charge in [0.05, 0.1) is 12.4 Å². The summed E-state index contributed by atoms with van der Waals surface area (Å²) in [5.41, 5.74) is 4.32. The van der Waals surface area contributed by atoms with Crippen LogP contribution in [-0.4, -0.2) is 22.7 Å². The molecule has 21 heavy (non-hydrogen) atoms. The van der Waals surface area contributed by atoms with Crippen LogP contribution in [0.5, 0.6) is 0 Å². The summed E-state index contributed by atoms with van der Waals surface area (Å²) in [5.74, 6) is 0. The van der Waals surface area contributed by atoms with Gasteiger partial charge in [0, 0.05) is 16.6 Å². The summed E-state index contributed by atoms with van der Waals surface area (Å²) in [5, 5.41) is 5.72. The van der Waals surface area contributed by atoms with Crippen molar-refractivity contribution >= 4 is 52.6 Å². The average molecular weight is 364 g/mol. The largest absolute Gasteiger partial charge is 0.310 e. The highest BCUT2D eigenvalue weighted by molar-refractivity contribution is 6.35. The molecule has 0 saturated heterocycles. The van der Waals surface area contributed by atoms with Crippen LogP contribution in [0, 0.1) is 0 Å². The Balaban J connectivity index is 1.85. The molecule has 2 aromatic rings. The molecule has 0 spiro atoms. The lowest BCUT2D eigenvalue weighted by atomic mass is 10.1. The van der Waals surface area contributed by atoms with Gasteiger partial charge in [0.15, 0.2) is 5.15 Å². The number of hydrazone groups is 1. The van der Waals surface area contributed by atoms with Crippen LogP contribution in [0.25, 0.3) is 0 Å². The lowest BCUT2D eigenvalue weighted by Crippen LogP contribution is -2.11. The van der Waals surface area contributed by atoms with Crippen molar-refractivity contribution in [2.45, 2.75) is 6.42 Å². The zero-order valence-electron chi connectivity index (χ0n) is 10.7. The molecule has 1 aromatic heterocycles. The van der Waals surface area contributed by atoms with Crippen LogP contribution in [0.3, 0.4) is 0 Å². The molecule has 1 heterocycles. The molecule has 0 saturated carbocycles. The number of benzene rings is 1.